The summed E-state index contributed by atoms with van der Waals surface area (Å²) in [6, 6.07) is 3.87. The fourth-order valence-corrected chi connectivity index (χ4v) is 11.0. The van der Waals surface area contributed by atoms with Crippen LogP contribution in [0.1, 0.15) is 118 Å². The fourth-order valence-electron chi connectivity index (χ4n) is 11.0. The third kappa shape index (κ3) is 19.5. The Morgan fingerprint density at radius 2 is 0.893 bits per heavy atom. The largest absolute Gasteiger partial charge is 0.343 e. The van der Waals surface area contributed by atoms with Gasteiger partial charge in [0.1, 0.15) is 60.4 Å². The second kappa shape index (κ2) is 32.3. The van der Waals surface area contributed by atoms with E-state index in [0.717, 1.165) is 0 Å². The molecule has 0 bridgehead atoms. The van der Waals surface area contributed by atoms with Crippen molar-refractivity contribution in [2.24, 2.45) is 46.6 Å². The van der Waals surface area contributed by atoms with Crippen LogP contribution in [0.5, 0.6) is 0 Å². The van der Waals surface area contributed by atoms with Gasteiger partial charge in [0.25, 0.3) is 0 Å². The predicted octanol–water partition coefficient (Wildman–Crippen LogP) is -0.898. The van der Waals surface area contributed by atoms with Crippen LogP contribution in [0.25, 0.3) is 0 Å². The summed E-state index contributed by atoms with van der Waals surface area (Å²) >= 11 is 0. The number of nitrogens with one attached hydrogen (secondary N) is 8. The molecule has 0 spiro atoms. The van der Waals surface area contributed by atoms with Crippen molar-refractivity contribution in [2.75, 3.05) is 26.2 Å². The van der Waals surface area contributed by atoms with Crippen molar-refractivity contribution in [1.82, 2.24) is 52.3 Å². The summed E-state index contributed by atoms with van der Waals surface area (Å²) in [5, 5.41) is 22.6. The van der Waals surface area contributed by atoms with Crippen molar-refractivity contribution in [2.45, 2.75) is 192 Å². The highest BCUT2D eigenvalue weighted by Crippen LogP contribution is 2.24. The van der Waals surface area contributed by atoms with Gasteiger partial charge in [0.15, 0.2) is 0 Å². The van der Waals surface area contributed by atoms with Gasteiger partial charge in [0.2, 0.25) is 59.1 Å². The third-order valence-corrected chi connectivity index (χ3v) is 15.5. The number of hydrogen-bond acceptors (Lipinski definition) is 14. The molecule has 0 unspecified atom stereocenters. The second-order valence-corrected chi connectivity index (χ2v) is 24.3. The Morgan fingerprint density at radius 1 is 0.488 bits per heavy atom. The number of carbonyl (C=O) groups is 10. The number of carbonyl (C=O) groups excluding carboxylic acids is 10. The van der Waals surface area contributed by atoms with E-state index in [1.54, 1.807) is 88.4 Å². The minimum atomic E-state index is -1.39. The molecule has 10 amide bonds. The van der Waals surface area contributed by atoms with Crippen molar-refractivity contribution >= 4 is 59.1 Å². The van der Waals surface area contributed by atoms with Gasteiger partial charge in [-0.3, -0.25) is 47.9 Å². The Hall–Kier alpha value is -7.02. The van der Waals surface area contributed by atoms with Crippen LogP contribution in [0.4, 0.5) is 0 Å². The molecule has 3 fully saturated rings. The highest BCUT2D eigenvalue weighted by molar-refractivity contribution is 6.00. The van der Waals surface area contributed by atoms with Gasteiger partial charge in [-0.25, -0.2) is 0 Å². The van der Waals surface area contributed by atoms with Gasteiger partial charge in [-0.05, 0) is 92.7 Å². The molecule has 16 N–H and O–H groups in total. The number of nitrogens with zero attached hydrogens (tertiary/aromatic N) is 2. The van der Waals surface area contributed by atoms with Crippen LogP contribution in [0, 0.1) is 23.7 Å². The van der Waals surface area contributed by atoms with Crippen molar-refractivity contribution in [3.63, 3.8) is 0 Å². The first-order chi connectivity index (χ1) is 39.8. The molecule has 464 valence electrons. The van der Waals surface area contributed by atoms with Crippen LogP contribution >= 0.6 is 0 Å². The van der Waals surface area contributed by atoms with Gasteiger partial charge in [-0.1, -0.05) is 116 Å². The second-order valence-electron chi connectivity index (χ2n) is 24.3. The van der Waals surface area contributed by atoms with E-state index in [1.807, 2.05) is 27.7 Å². The van der Waals surface area contributed by atoms with Gasteiger partial charge in [-0.15, -0.1) is 0 Å². The minimum absolute atomic E-state index is 0.000883. The van der Waals surface area contributed by atoms with Crippen LogP contribution in [0.2, 0.25) is 0 Å². The third-order valence-electron chi connectivity index (χ3n) is 15.5. The highest BCUT2D eigenvalue weighted by atomic mass is 16.2. The molecule has 3 aliphatic rings. The molecule has 0 saturated carbocycles. The molecule has 12 atom stereocenters. The van der Waals surface area contributed by atoms with E-state index in [9.17, 15) is 43.2 Å². The number of fused-ring (bicyclic) bond motifs is 2. The molecule has 2 aromatic rings. The number of amides is 10. The van der Waals surface area contributed by atoms with E-state index < -0.39 is 143 Å². The molecule has 3 saturated heterocycles. The number of benzene rings is 2. The average molecular weight is 1170 g/mol. The zero-order valence-corrected chi connectivity index (χ0v) is 50.2. The van der Waals surface area contributed by atoms with E-state index >= 15 is 4.79 Å². The zero-order chi connectivity index (χ0) is 61.9. The van der Waals surface area contributed by atoms with Crippen molar-refractivity contribution in [1.29, 1.82) is 0 Å². The van der Waals surface area contributed by atoms with Crippen LogP contribution in [0.3, 0.4) is 0 Å². The van der Waals surface area contributed by atoms with Crippen LogP contribution in [-0.4, -0.2) is 168 Å². The summed E-state index contributed by atoms with van der Waals surface area (Å²) in [6.07, 6.45) is 0.968. The normalized spacial score (nSPS) is 27.5. The maximum Gasteiger partial charge on any atom is 0.246 e. The Bertz CT molecular complexity index is 2570. The smallest absolute Gasteiger partial charge is 0.246 e. The Balaban J connectivity index is 1.61. The molecule has 0 aromatic heterocycles. The Labute approximate surface area is 494 Å². The van der Waals surface area contributed by atoms with Gasteiger partial charge in [-0.2, -0.15) is 0 Å². The molecule has 2 aromatic carbocycles. The molecule has 24 nitrogen and oxygen atoms in total. The van der Waals surface area contributed by atoms with Crippen molar-refractivity contribution in [3.05, 3.63) is 71.8 Å². The summed E-state index contributed by atoms with van der Waals surface area (Å²) in [7, 11) is 0. The zero-order valence-electron chi connectivity index (χ0n) is 50.2. The number of nitrogens with two attached hydrogens (primary N) is 4. The lowest BCUT2D eigenvalue weighted by molar-refractivity contribution is -0.143. The highest BCUT2D eigenvalue weighted by Gasteiger charge is 2.45. The lowest BCUT2D eigenvalue weighted by Gasteiger charge is -2.33. The van der Waals surface area contributed by atoms with E-state index in [0.29, 0.717) is 17.5 Å². The van der Waals surface area contributed by atoms with Crippen LogP contribution < -0.4 is 65.5 Å². The maximum absolute atomic E-state index is 15.0. The molecular formula is C60H94N14O10. The van der Waals surface area contributed by atoms with Crippen molar-refractivity contribution < 1.29 is 47.9 Å². The molecule has 5 rings (SSSR count). The molecule has 0 aliphatic carbocycles. The summed E-state index contributed by atoms with van der Waals surface area (Å²) in [5.74, 6) is -8.49. The Morgan fingerprint density at radius 3 is 1.33 bits per heavy atom. The average Bonchev–Trinajstić information content (AvgIpc) is 3.38. The fraction of sp³-hybridized carbons (Fsp3) is 0.633. The molecule has 24 heteroatoms. The minimum Gasteiger partial charge on any atom is -0.343 e. The van der Waals surface area contributed by atoms with E-state index in [4.69, 9.17) is 22.9 Å². The Kier molecular flexibility index (Phi) is 26.1. The van der Waals surface area contributed by atoms with E-state index in [-0.39, 0.29) is 95.8 Å². The molecule has 84 heavy (non-hydrogen) atoms. The van der Waals surface area contributed by atoms with Crippen molar-refractivity contribution in [3.8, 4) is 0 Å². The van der Waals surface area contributed by atoms with Gasteiger partial charge in [0, 0.05) is 44.6 Å². The summed E-state index contributed by atoms with van der Waals surface area (Å²) in [5.41, 5.74) is 26.1. The molecule has 3 heterocycles. The summed E-state index contributed by atoms with van der Waals surface area (Å²) < 4.78 is 0. The first-order valence-electron chi connectivity index (χ1n) is 29.8. The predicted molar refractivity (Wildman–Crippen MR) is 317 cm³/mol. The van der Waals surface area contributed by atoms with Gasteiger partial charge < -0.3 is 75.3 Å². The maximum atomic E-state index is 15.0. The molecule has 3 aliphatic heterocycles. The standard InChI is InChI=1S/C60H94N14O10/c1-33(2)25-42-52(76)70-46(28-38-19-13-10-14-20-38)60(84)74-32-40(64)30-48(74)56(80)72-50(36(7)8)58(82)68-44(29-39(63)31-62)54(78)67-43(26-34(3)4)53(77)69-45(27-37-17-11-9-12-18-37)59(83)73-24-16-22-47(73)55(79)71-49(35(5)6)57(81)65-41(21-15-23-61)51(75)66-42/h9-14,17-20,33-36,39-50H,15-16,21-32,61-64H2,1-8H3,(H,65,81)(H,66,75)(H,67,78)(H,68,82)(H,69,77)(H,70,76)(H,71,79)(H,72,80)/t39-,40+,41+,42+,43+,44+,45-,46-,47+,48+,49+,50+/m1/s1. The first kappa shape index (κ1) is 67.8. The van der Waals surface area contributed by atoms with Crippen LogP contribution in [0.15, 0.2) is 60.7 Å². The topological polar surface area (TPSA) is 377 Å². The van der Waals surface area contributed by atoms with E-state index in [1.165, 1.54) is 9.80 Å². The van der Waals surface area contributed by atoms with Crippen LogP contribution in [-0.2, 0) is 60.8 Å². The van der Waals surface area contributed by atoms with Gasteiger partial charge >= 0.3 is 0 Å². The van der Waals surface area contributed by atoms with Gasteiger partial charge in [0.05, 0.1) is 0 Å². The number of rotatable bonds is 16. The first-order valence-corrected chi connectivity index (χ1v) is 29.8. The summed E-state index contributed by atoms with van der Waals surface area (Å²) in [4.78, 5) is 149. The quantitative estimate of drug-likeness (QED) is 0.0970. The molecular weight excluding hydrogens is 1080 g/mol. The summed E-state index contributed by atoms with van der Waals surface area (Å²) in [6.45, 7) is 14.3. The van der Waals surface area contributed by atoms with E-state index in [2.05, 4.69) is 42.5 Å². The molecule has 0 radical (unpaired) electrons. The number of hydrogen-bond donors (Lipinski definition) is 12. The lowest BCUT2D eigenvalue weighted by Crippen LogP contribution is -2.62. The SMILES string of the molecule is CC(C)C[C@@H]1NC(=O)[C@H](C[C@@H](N)CN)NC(=O)[C@H](C(C)C)NC(=O)[C@@H]2C[C@H](N)CN2C(=O)[C@@H](Cc2ccccc2)NC(=O)[C@H](CC(C)C)NC(=O)[C@H](CCCN)NC(=O)[C@H](C(C)C)NC(=O)[C@@H]2CCCN2C(=O)[C@@H](Cc2ccccc2)NC1=O. The monoisotopic (exact) mass is 1170 g/mol. The lowest BCUT2D eigenvalue weighted by atomic mass is 9.98.